The third kappa shape index (κ3) is 2.28. The van der Waals surface area contributed by atoms with Crippen molar-refractivity contribution in [3.05, 3.63) is 24.3 Å². The van der Waals surface area contributed by atoms with E-state index in [0.717, 1.165) is 0 Å². The summed E-state index contributed by atoms with van der Waals surface area (Å²) in [5, 5.41) is 8.42. The second kappa shape index (κ2) is 3.77. The molecule has 1 aromatic heterocycles. The van der Waals surface area contributed by atoms with E-state index >= 15 is 0 Å². The third-order valence-electron chi connectivity index (χ3n) is 1.36. The molecule has 5 heteroatoms. The molecule has 5 nitrogen and oxygen atoms in total. The van der Waals surface area contributed by atoms with Crippen LogP contribution in [0.5, 0.6) is 0 Å². The van der Waals surface area contributed by atoms with E-state index in [1.165, 1.54) is 18.6 Å². The van der Waals surface area contributed by atoms with E-state index in [4.69, 9.17) is 10.8 Å². The van der Waals surface area contributed by atoms with Crippen LogP contribution in [0.1, 0.15) is 18.2 Å². The van der Waals surface area contributed by atoms with Crippen LogP contribution < -0.4 is 5.73 Å². The molecular weight excluding hydrogens is 158 g/mol. The molecule has 1 heterocycles. The fourth-order valence-electron chi connectivity index (χ4n) is 0.795. The number of hydrogen-bond donors (Lipinski definition) is 2. The lowest BCUT2D eigenvalue weighted by atomic mass is 10.1. The van der Waals surface area contributed by atoms with Crippen molar-refractivity contribution in [3.63, 3.8) is 0 Å². The summed E-state index contributed by atoms with van der Waals surface area (Å²) in [7, 11) is 0. The van der Waals surface area contributed by atoms with E-state index in [9.17, 15) is 4.79 Å². The lowest BCUT2D eigenvalue weighted by Crippen LogP contribution is -2.16. The SMILES string of the molecule is N[C@@H](CC(=O)O)c1cnccn1. The van der Waals surface area contributed by atoms with E-state index in [1.807, 2.05) is 0 Å². The van der Waals surface area contributed by atoms with Crippen molar-refractivity contribution in [2.75, 3.05) is 0 Å². The minimum absolute atomic E-state index is 0.126. The minimum Gasteiger partial charge on any atom is -0.481 e. The second-order valence-corrected chi connectivity index (χ2v) is 2.33. The molecule has 1 atom stereocenters. The fraction of sp³-hybridized carbons (Fsp3) is 0.286. The topological polar surface area (TPSA) is 89.1 Å². The summed E-state index contributed by atoms with van der Waals surface area (Å²) >= 11 is 0. The highest BCUT2D eigenvalue weighted by molar-refractivity contribution is 5.67. The number of carboxylic acid groups (broad SMARTS) is 1. The van der Waals surface area contributed by atoms with Gasteiger partial charge in [0.25, 0.3) is 0 Å². The molecule has 0 unspecified atom stereocenters. The van der Waals surface area contributed by atoms with Gasteiger partial charge in [-0.2, -0.15) is 0 Å². The summed E-state index contributed by atoms with van der Waals surface area (Å²) in [6.45, 7) is 0. The van der Waals surface area contributed by atoms with Crippen molar-refractivity contribution >= 4 is 5.97 Å². The predicted octanol–water partition coefficient (Wildman–Crippen LogP) is -0.0489. The number of hydrogen-bond acceptors (Lipinski definition) is 4. The van der Waals surface area contributed by atoms with Crippen LogP contribution >= 0.6 is 0 Å². The van der Waals surface area contributed by atoms with E-state index in [1.54, 1.807) is 0 Å². The van der Waals surface area contributed by atoms with Gasteiger partial charge in [0, 0.05) is 18.6 Å². The number of rotatable bonds is 3. The largest absolute Gasteiger partial charge is 0.481 e. The van der Waals surface area contributed by atoms with Crippen molar-refractivity contribution in [3.8, 4) is 0 Å². The molecule has 1 aromatic rings. The standard InChI is InChI=1S/C7H9N3O2/c8-5(3-7(11)12)6-4-9-1-2-10-6/h1-2,4-5H,3,8H2,(H,11,12)/t5-/m0/s1. The Kier molecular flexibility index (Phi) is 2.71. The fourth-order valence-corrected chi connectivity index (χ4v) is 0.795. The highest BCUT2D eigenvalue weighted by Gasteiger charge is 2.10. The van der Waals surface area contributed by atoms with Gasteiger partial charge >= 0.3 is 5.97 Å². The summed E-state index contributed by atoms with van der Waals surface area (Å²) in [6, 6.07) is -0.573. The highest BCUT2D eigenvalue weighted by atomic mass is 16.4. The summed E-state index contributed by atoms with van der Waals surface area (Å²) in [6.07, 6.45) is 4.33. The van der Waals surface area contributed by atoms with Gasteiger partial charge in [-0.25, -0.2) is 0 Å². The molecule has 0 saturated heterocycles. The Morgan fingerprint density at radius 2 is 2.42 bits per heavy atom. The van der Waals surface area contributed by atoms with Crippen molar-refractivity contribution in [2.24, 2.45) is 5.73 Å². The van der Waals surface area contributed by atoms with Crippen molar-refractivity contribution < 1.29 is 9.90 Å². The van der Waals surface area contributed by atoms with Crippen LogP contribution in [-0.2, 0) is 4.79 Å². The minimum atomic E-state index is -0.937. The molecule has 0 saturated carbocycles. The number of aromatic nitrogens is 2. The van der Waals surface area contributed by atoms with Gasteiger partial charge in [-0.15, -0.1) is 0 Å². The van der Waals surface area contributed by atoms with Gasteiger partial charge in [0.1, 0.15) is 0 Å². The second-order valence-electron chi connectivity index (χ2n) is 2.33. The first-order valence-corrected chi connectivity index (χ1v) is 3.43. The molecule has 0 radical (unpaired) electrons. The maximum Gasteiger partial charge on any atom is 0.305 e. The molecule has 64 valence electrons. The van der Waals surface area contributed by atoms with E-state index in [-0.39, 0.29) is 6.42 Å². The average molecular weight is 167 g/mol. The Morgan fingerprint density at radius 3 is 2.92 bits per heavy atom. The van der Waals surface area contributed by atoms with Crippen molar-refractivity contribution in [1.82, 2.24) is 9.97 Å². The van der Waals surface area contributed by atoms with Crippen LogP contribution in [-0.4, -0.2) is 21.0 Å². The Bertz CT molecular complexity index is 263. The normalized spacial score (nSPS) is 12.4. The van der Waals surface area contributed by atoms with Gasteiger partial charge in [-0.1, -0.05) is 0 Å². The highest BCUT2D eigenvalue weighted by Crippen LogP contribution is 2.08. The lowest BCUT2D eigenvalue weighted by molar-refractivity contribution is -0.137. The number of nitrogens with two attached hydrogens (primary N) is 1. The van der Waals surface area contributed by atoms with Gasteiger partial charge in [-0.05, 0) is 0 Å². The zero-order chi connectivity index (χ0) is 8.97. The third-order valence-corrected chi connectivity index (χ3v) is 1.36. The molecule has 0 bridgehead atoms. The number of carboxylic acids is 1. The first-order valence-electron chi connectivity index (χ1n) is 3.43. The molecule has 0 aliphatic carbocycles. The first kappa shape index (κ1) is 8.61. The Labute approximate surface area is 69.3 Å². The molecule has 0 aliphatic rings. The number of nitrogens with zero attached hydrogens (tertiary/aromatic N) is 2. The molecule has 0 amide bonds. The number of carbonyl (C=O) groups is 1. The van der Waals surface area contributed by atoms with E-state index in [2.05, 4.69) is 9.97 Å². The smallest absolute Gasteiger partial charge is 0.305 e. The average Bonchev–Trinajstić information content (AvgIpc) is 2.05. The zero-order valence-corrected chi connectivity index (χ0v) is 6.34. The molecule has 0 aliphatic heterocycles. The number of aliphatic carboxylic acids is 1. The first-order chi connectivity index (χ1) is 5.70. The lowest BCUT2D eigenvalue weighted by Gasteiger charge is -2.05. The van der Waals surface area contributed by atoms with Crippen LogP contribution in [0.25, 0.3) is 0 Å². The van der Waals surface area contributed by atoms with Gasteiger partial charge in [-0.3, -0.25) is 14.8 Å². The zero-order valence-electron chi connectivity index (χ0n) is 6.34. The molecule has 0 fully saturated rings. The van der Waals surface area contributed by atoms with Crippen molar-refractivity contribution in [2.45, 2.75) is 12.5 Å². The Hall–Kier alpha value is -1.49. The quantitative estimate of drug-likeness (QED) is 0.658. The molecule has 12 heavy (non-hydrogen) atoms. The van der Waals surface area contributed by atoms with Gasteiger partial charge in [0.05, 0.1) is 18.2 Å². The molecule has 0 aromatic carbocycles. The monoisotopic (exact) mass is 167 g/mol. The predicted molar refractivity (Wildman–Crippen MR) is 41.2 cm³/mol. The summed E-state index contributed by atoms with van der Waals surface area (Å²) in [4.78, 5) is 17.9. The van der Waals surface area contributed by atoms with Crippen LogP contribution in [0.2, 0.25) is 0 Å². The van der Waals surface area contributed by atoms with Crippen LogP contribution in [0.4, 0.5) is 0 Å². The van der Waals surface area contributed by atoms with Crippen LogP contribution in [0, 0.1) is 0 Å². The Balaban J connectivity index is 2.65. The van der Waals surface area contributed by atoms with E-state index < -0.39 is 12.0 Å². The van der Waals surface area contributed by atoms with Crippen molar-refractivity contribution in [1.29, 1.82) is 0 Å². The summed E-state index contributed by atoms with van der Waals surface area (Å²) in [5.41, 5.74) is 6.01. The van der Waals surface area contributed by atoms with Gasteiger partial charge in [0.2, 0.25) is 0 Å². The van der Waals surface area contributed by atoms with Gasteiger partial charge in [0.15, 0.2) is 0 Å². The van der Waals surface area contributed by atoms with Crippen LogP contribution in [0.3, 0.4) is 0 Å². The maximum absolute atomic E-state index is 10.3. The Morgan fingerprint density at radius 1 is 1.67 bits per heavy atom. The molecular formula is C7H9N3O2. The van der Waals surface area contributed by atoms with Crippen LogP contribution in [0.15, 0.2) is 18.6 Å². The molecule has 1 rings (SSSR count). The molecule has 0 spiro atoms. The summed E-state index contributed by atoms with van der Waals surface area (Å²) in [5.74, 6) is -0.937. The molecule has 3 N–H and O–H groups in total. The van der Waals surface area contributed by atoms with E-state index in [0.29, 0.717) is 5.69 Å². The maximum atomic E-state index is 10.3. The van der Waals surface area contributed by atoms with Gasteiger partial charge < -0.3 is 10.8 Å². The summed E-state index contributed by atoms with van der Waals surface area (Å²) < 4.78 is 0.